The normalized spacial score (nSPS) is 12.7. The van der Waals surface area contributed by atoms with Gasteiger partial charge in [0.15, 0.2) is 6.61 Å². The summed E-state index contributed by atoms with van der Waals surface area (Å²) in [5.74, 6) is -2.22. The lowest BCUT2D eigenvalue weighted by atomic mass is 10.0. The Morgan fingerprint density at radius 1 is 0.920 bits per heavy atom. The Labute approximate surface area is 139 Å². The van der Waals surface area contributed by atoms with Crippen LogP contribution in [0.5, 0.6) is 0 Å². The fourth-order valence-corrected chi connectivity index (χ4v) is 1.74. The predicted molar refractivity (Wildman–Crippen MR) is 74.6 cm³/mol. The number of esters is 1. The van der Waals surface area contributed by atoms with Crippen molar-refractivity contribution in [2.24, 2.45) is 0 Å². The van der Waals surface area contributed by atoms with Crippen molar-refractivity contribution in [3.05, 3.63) is 34.9 Å². The number of carbonyl (C=O) groups excluding carboxylic acids is 2. The molecule has 0 saturated heterocycles. The molecule has 0 heterocycles. The van der Waals surface area contributed by atoms with Crippen molar-refractivity contribution < 1.29 is 40.7 Å². The quantitative estimate of drug-likeness (QED) is 0.650. The predicted octanol–water partition coefficient (Wildman–Crippen LogP) is 3.80. The molecule has 140 valence electrons. The molecule has 0 bridgehead atoms. The van der Waals surface area contributed by atoms with Crippen LogP contribution in [0.4, 0.5) is 26.3 Å². The zero-order chi connectivity index (χ0) is 19.6. The second kappa shape index (κ2) is 6.93. The molecule has 0 spiro atoms. The van der Waals surface area contributed by atoms with Crippen molar-refractivity contribution >= 4 is 11.9 Å². The first-order valence-corrected chi connectivity index (χ1v) is 6.87. The van der Waals surface area contributed by atoms with Crippen LogP contribution in [0.25, 0.3) is 0 Å². The SMILES string of the molecule is CC(C)(C)NC(=O)COC(=O)c1cc(C(F)(F)F)cc(C(F)(F)F)c1. The van der Waals surface area contributed by atoms with Gasteiger partial charge in [-0.25, -0.2) is 4.79 Å². The van der Waals surface area contributed by atoms with Gasteiger partial charge in [-0.1, -0.05) is 0 Å². The summed E-state index contributed by atoms with van der Waals surface area (Å²) in [6.07, 6.45) is -10.2. The van der Waals surface area contributed by atoms with Crippen molar-refractivity contribution in [3.8, 4) is 0 Å². The number of hydrogen-bond donors (Lipinski definition) is 1. The van der Waals surface area contributed by atoms with Crippen LogP contribution in [-0.4, -0.2) is 24.0 Å². The highest BCUT2D eigenvalue weighted by Gasteiger charge is 2.37. The van der Waals surface area contributed by atoms with E-state index in [9.17, 15) is 35.9 Å². The highest BCUT2D eigenvalue weighted by molar-refractivity contribution is 5.91. The smallest absolute Gasteiger partial charge is 0.416 e. The Kier molecular flexibility index (Phi) is 5.76. The summed E-state index contributed by atoms with van der Waals surface area (Å²) in [5.41, 5.74) is -4.89. The number of halogens is 6. The highest BCUT2D eigenvalue weighted by Crippen LogP contribution is 2.36. The number of hydrogen-bond acceptors (Lipinski definition) is 3. The summed E-state index contributed by atoms with van der Waals surface area (Å²) in [5, 5.41) is 2.42. The summed E-state index contributed by atoms with van der Waals surface area (Å²) >= 11 is 0. The maximum atomic E-state index is 12.7. The molecule has 0 atom stereocenters. The Balaban J connectivity index is 3.03. The van der Waals surface area contributed by atoms with Crippen molar-refractivity contribution in [3.63, 3.8) is 0 Å². The third-order valence-corrected chi connectivity index (χ3v) is 2.67. The highest BCUT2D eigenvalue weighted by atomic mass is 19.4. The van der Waals surface area contributed by atoms with Crippen LogP contribution in [0.1, 0.15) is 42.3 Å². The molecule has 0 unspecified atom stereocenters. The van der Waals surface area contributed by atoms with Gasteiger partial charge in [0, 0.05) is 5.54 Å². The van der Waals surface area contributed by atoms with Crippen molar-refractivity contribution in [1.29, 1.82) is 0 Å². The average molecular weight is 371 g/mol. The Morgan fingerprint density at radius 3 is 1.72 bits per heavy atom. The van der Waals surface area contributed by atoms with Crippen LogP contribution in [0.3, 0.4) is 0 Å². The molecule has 0 saturated carbocycles. The fourth-order valence-electron chi connectivity index (χ4n) is 1.74. The first kappa shape index (κ1) is 20.8. The Hall–Kier alpha value is -2.26. The number of benzene rings is 1. The number of nitrogens with one attached hydrogen (secondary N) is 1. The van der Waals surface area contributed by atoms with Crippen molar-refractivity contribution in [1.82, 2.24) is 5.32 Å². The van der Waals surface area contributed by atoms with Gasteiger partial charge in [0.05, 0.1) is 16.7 Å². The second-order valence-electron chi connectivity index (χ2n) is 6.17. The zero-order valence-electron chi connectivity index (χ0n) is 13.4. The van der Waals surface area contributed by atoms with Gasteiger partial charge in [-0.15, -0.1) is 0 Å². The lowest BCUT2D eigenvalue weighted by molar-refractivity contribution is -0.143. The Morgan fingerprint density at radius 2 is 1.36 bits per heavy atom. The van der Waals surface area contributed by atoms with E-state index in [0.29, 0.717) is 0 Å². The van der Waals surface area contributed by atoms with Gasteiger partial charge in [-0.05, 0) is 39.0 Å². The molecular weight excluding hydrogens is 356 g/mol. The van der Waals surface area contributed by atoms with Gasteiger partial charge in [0.25, 0.3) is 5.91 Å². The summed E-state index contributed by atoms with van der Waals surface area (Å²) < 4.78 is 80.8. The first-order valence-electron chi connectivity index (χ1n) is 6.87. The summed E-state index contributed by atoms with van der Waals surface area (Å²) in [6.45, 7) is 4.06. The number of amides is 1. The third-order valence-electron chi connectivity index (χ3n) is 2.67. The van der Waals surface area contributed by atoms with Gasteiger partial charge < -0.3 is 10.1 Å². The molecule has 0 aliphatic heterocycles. The molecular formula is C15H15F6NO3. The molecule has 1 aromatic carbocycles. The summed E-state index contributed by atoms with van der Waals surface area (Å²) in [4.78, 5) is 23.2. The van der Waals surface area contributed by atoms with E-state index in [4.69, 9.17) is 0 Å². The number of carbonyl (C=O) groups is 2. The largest absolute Gasteiger partial charge is 0.452 e. The van der Waals surface area contributed by atoms with E-state index >= 15 is 0 Å². The average Bonchev–Trinajstić information content (AvgIpc) is 2.40. The van der Waals surface area contributed by atoms with E-state index in [2.05, 4.69) is 10.1 Å². The molecule has 0 aliphatic rings. The molecule has 1 aromatic rings. The van der Waals surface area contributed by atoms with Crippen molar-refractivity contribution in [2.75, 3.05) is 6.61 Å². The van der Waals surface area contributed by atoms with Crippen LogP contribution < -0.4 is 5.32 Å². The van der Waals surface area contributed by atoms with E-state index in [0.717, 1.165) is 0 Å². The van der Waals surface area contributed by atoms with Crippen LogP contribution in [0, 0.1) is 0 Å². The molecule has 0 aliphatic carbocycles. The topological polar surface area (TPSA) is 55.4 Å². The molecule has 1 rings (SSSR count). The van der Waals surface area contributed by atoms with Crippen molar-refractivity contribution in [2.45, 2.75) is 38.7 Å². The minimum Gasteiger partial charge on any atom is -0.452 e. The Bertz CT molecular complexity index is 626. The molecule has 10 heteroatoms. The minimum absolute atomic E-state index is 0.108. The van der Waals surface area contributed by atoms with Crippen LogP contribution in [-0.2, 0) is 21.9 Å². The lowest BCUT2D eigenvalue weighted by Crippen LogP contribution is -2.42. The minimum atomic E-state index is -5.08. The second-order valence-corrected chi connectivity index (χ2v) is 6.17. The summed E-state index contributed by atoms with van der Waals surface area (Å²) in [6, 6.07) is 0.363. The van der Waals surface area contributed by atoms with E-state index in [1.165, 1.54) is 0 Å². The van der Waals surface area contributed by atoms with Crippen LogP contribution >= 0.6 is 0 Å². The molecule has 25 heavy (non-hydrogen) atoms. The lowest BCUT2D eigenvalue weighted by Gasteiger charge is -2.20. The third kappa shape index (κ3) is 6.63. The maximum absolute atomic E-state index is 12.7. The first-order chi connectivity index (χ1) is 11.1. The summed E-state index contributed by atoms with van der Waals surface area (Å²) in [7, 11) is 0. The van der Waals surface area contributed by atoms with E-state index in [1.807, 2.05) is 0 Å². The van der Waals surface area contributed by atoms with E-state index in [-0.39, 0.29) is 18.2 Å². The number of rotatable bonds is 3. The van der Waals surface area contributed by atoms with Crippen LogP contribution in [0.15, 0.2) is 18.2 Å². The standard InChI is InChI=1S/C15H15F6NO3/c1-13(2,3)22-11(23)7-25-12(24)8-4-9(14(16,17)18)6-10(5-8)15(19,20)21/h4-6H,7H2,1-3H3,(H,22,23). The van der Waals surface area contributed by atoms with Crippen LogP contribution in [0.2, 0.25) is 0 Å². The molecule has 0 fully saturated rings. The van der Waals surface area contributed by atoms with E-state index in [1.54, 1.807) is 20.8 Å². The van der Waals surface area contributed by atoms with Gasteiger partial charge in [0.1, 0.15) is 0 Å². The van der Waals surface area contributed by atoms with Gasteiger partial charge >= 0.3 is 18.3 Å². The van der Waals surface area contributed by atoms with Gasteiger partial charge in [0.2, 0.25) is 0 Å². The maximum Gasteiger partial charge on any atom is 0.416 e. The van der Waals surface area contributed by atoms with Gasteiger partial charge in [-0.2, -0.15) is 26.3 Å². The number of alkyl halides is 6. The monoisotopic (exact) mass is 371 g/mol. The van der Waals surface area contributed by atoms with Gasteiger partial charge in [-0.3, -0.25) is 4.79 Å². The molecule has 0 aromatic heterocycles. The zero-order valence-corrected chi connectivity index (χ0v) is 13.4. The molecule has 4 nitrogen and oxygen atoms in total. The van der Waals surface area contributed by atoms with E-state index < -0.39 is 53.1 Å². The fraction of sp³-hybridized carbons (Fsp3) is 0.467. The molecule has 1 N–H and O–H groups in total. The molecule has 1 amide bonds. The number of ether oxygens (including phenoxy) is 1. The molecule has 0 radical (unpaired) electrons.